The molecule has 23 heavy (non-hydrogen) atoms. The largest absolute Gasteiger partial charge is 0.0693 e. The van der Waals surface area contributed by atoms with Gasteiger partial charge in [0.25, 0.3) is 0 Å². The Morgan fingerprint density at radius 2 is 1.13 bits per heavy atom. The first-order valence-corrected chi connectivity index (χ1v) is 8.05. The van der Waals surface area contributed by atoms with Gasteiger partial charge in [-0.05, 0) is 30.5 Å². The maximum absolute atomic E-state index is 2.31. The summed E-state index contributed by atoms with van der Waals surface area (Å²) in [6, 6.07) is 30.0. The molecular formula is C23H22. The van der Waals surface area contributed by atoms with Crippen molar-refractivity contribution in [2.75, 3.05) is 0 Å². The van der Waals surface area contributed by atoms with Crippen molar-refractivity contribution in [1.82, 2.24) is 0 Å². The molecule has 0 amide bonds. The van der Waals surface area contributed by atoms with Crippen LogP contribution in [-0.2, 0) is 5.41 Å². The normalized spacial score (nSPS) is 11.7. The third-order valence-electron chi connectivity index (χ3n) is 4.43. The van der Waals surface area contributed by atoms with Crippen molar-refractivity contribution in [2.45, 2.75) is 19.3 Å². The average Bonchev–Trinajstić information content (AvgIpc) is 2.62. The summed E-state index contributed by atoms with van der Waals surface area (Å²) in [5.74, 6) is 0. The number of benzene rings is 3. The fraction of sp³-hybridized carbons (Fsp3) is 0.130. The molecule has 0 aromatic heterocycles. The molecule has 0 heteroatoms. The van der Waals surface area contributed by atoms with Crippen molar-refractivity contribution in [2.24, 2.45) is 0 Å². The molecule has 0 aliphatic heterocycles. The van der Waals surface area contributed by atoms with Gasteiger partial charge in [0, 0.05) is 5.41 Å². The first kappa shape index (κ1) is 15.3. The van der Waals surface area contributed by atoms with Crippen molar-refractivity contribution >= 4 is 6.08 Å². The molecule has 0 heterocycles. The van der Waals surface area contributed by atoms with Gasteiger partial charge in [0.15, 0.2) is 0 Å². The minimum atomic E-state index is -0.145. The molecule has 0 radical (unpaired) electrons. The van der Waals surface area contributed by atoms with E-state index in [1.165, 1.54) is 22.3 Å². The zero-order valence-corrected chi connectivity index (χ0v) is 13.7. The zero-order chi connectivity index (χ0) is 16.1. The lowest BCUT2D eigenvalue weighted by atomic mass is 9.76. The molecular weight excluding hydrogens is 276 g/mol. The fourth-order valence-electron chi connectivity index (χ4n) is 2.87. The Balaban J connectivity index is 2.04. The minimum absolute atomic E-state index is 0.145. The van der Waals surface area contributed by atoms with Crippen molar-refractivity contribution in [3.05, 3.63) is 113 Å². The molecule has 114 valence electrons. The molecule has 0 aliphatic carbocycles. The van der Waals surface area contributed by atoms with E-state index < -0.39 is 0 Å². The highest BCUT2D eigenvalue weighted by Gasteiger charge is 2.25. The summed E-state index contributed by atoms with van der Waals surface area (Å²) >= 11 is 0. The van der Waals surface area contributed by atoms with E-state index in [4.69, 9.17) is 0 Å². The lowest BCUT2D eigenvalue weighted by Gasteiger charge is -2.27. The predicted molar refractivity (Wildman–Crippen MR) is 99.6 cm³/mol. The molecule has 3 rings (SSSR count). The summed E-state index contributed by atoms with van der Waals surface area (Å²) in [5, 5.41) is 0. The van der Waals surface area contributed by atoms with E-state index in [1.54, 1.807) is 0 Å². The molecule has 0 unspecified atom stereocenters. The molecule has 0 saturated heterocycles. The van der Waals surface area contributed by atoms with Gasteiger partial charge in [-0.2, -0.15) is 0 Å². The fourth-order valence-corrected chi connectivity index (χ4v) is 2.87. The van der Waals surface area contributed by atoms with Crippen molar-refractivity contribution in [1.29, 1.82) is 0 Å². The monoisotopic (exact) mass is 298 g/mol. The maximum Gasteiger partial charge on any atom is 0.0356 e. The maximum atomic E-state index is 2.31. The van der Waals surface area contributed by atoms with Gasteiger partial charge in [-0.25, -0.2) is 0 Å². The Labute approximate surface area is 139 Å². The second-order valence-corrected chi connectivity index (χ2v) is 6.18. The molecule has 0 bridgehead atoms. The number of hydrogen-bond acceptors (Lipinski definition) is 0. The van der Waals surface area contributed by atoms with Gasteiger partial charge in [-0.15, -0.1) is 0 Å². The average molecular weight is 298 g/mol. The van der Waals surface area contributed by atoms with Gasteiger partial charge in [0.05, 0.1) is 0 Å². The van der Waals surface area contributed by atoms with Crippen LogP contribution in [0.3, 0.4) is 0 Å². The summed E-state index contributed by atoms with van der Waals surface area (Å²) in [4.78, 5) is 0. The molecule has 0 fully saturated rings. The highest BCUT2D eigenvalue weighted by atomic mass is 14.3. The zero-order valence-electron chi connectivity index (χ0n) is 13.7. The van der Waals surface area contributed by atoms with Gasteiger partial charge in [-0.3, -0.25) is 0 Å². The van der Waals surface area contributed by atoms with Crippen molar-refractivity contribution in [3.63, 3.8) is 0 Å². The Morgan fingerprint density at radius 1 is 0.652 bits per heavy atom. The number of rotatable bonds is 4. The van der Waals surface area contributed by atoms with Crippen LogP contribution in [0.4, 0.5) is 0 Å². The van der Waals surface area contributed by atoms with Crippen LogP contribution in [0.25, 0.3) is 6.08 Å². The molecule has 3 aromatic carbocycles. The summed E-state index contributed by atoms with van der Waals surface area (Å²) in [7, 11) is 0. The van der Waals surface area contributed by atoms with E-state index in [2.05, 4.69) is 111 Å². The van der Waals surface area contributed by atoms with E-state index in [-0.39, 0.29) is 5.41 Å². The summed E-state index contributed by atoms with van der Waals surface area (Å²) in [6.45, 7) is 4.40. The van der Waals surface area contributed by atoms with Crippen LogP contribution in [0.1, 0.15) is 29.2 Å². The molecule has 0 spiro atoms. The molecule has 3 aromatic rings. The second-order valence-electron chi connectivity index (χ2n) is 6.18. The third kappa shape index (κ3) is 3.43. The van der Waals surface area contributed by atoms with Crippen molar-refractivity contribution in [3.8, 4) is 0 Å². The lowest BCUT2D eigenvalue weighted by molar-refractivity contribution is 0.727. The number of allylic oxidation sites excluding steroid dienone is 1. The first-order valence-electron chi connectivity index (χ1n) is 8.05. The highest BCUT2D eigenvalue weighted by Crippen LogP contribution is 2.34. The van der Waals surface area contributed by atoms with Gasteiger partial charge in [-0.1, -0.05) is 103 Å². The molecule has 0 saturated carbocycles. The van der Waals surface area contributed by atoms with E-state index in [0.717, 1.165) is 0 Å². The van der Waals surface area contributed by atoms with Crippen LogP contribution in [0.15, 0.2) is 91.0 Å². The minimum Gasteiger partial charge on any atom is -0.0693 e. The standard InChI is InChI=1S/C23H22/c1-19-13-15-20(16-14-19)17-18-23(2,21-9-5-3-6-10-21)22-11-7-4-8-12-22/h3-18H,1-2H3/b18-17+. The smallest absolute Gasteiger partial charge is 0.0356 e. The SMILES string of the molecule is Cc1ccc(/C=C/C(C)(c2ccccc2)c2ccccc2)cc1. The van der Waals surface area contributed by atoms with Crippen molar-refractivity contribution < 1.29 is 0 Å². The van der Waals surface area contributed by atoms with Gasteiger partial charge >= 0.3 is 0 Å². The first-order chi connectivity index (χ1) is 11.2. The van der Waals surface area contributed by atoms with E-state index in [1.807, 2.05) is 0 Å². The molecule has 0 N–H and O–H groups in total. The summed E-state index contributed by atoms with van der Waals surface area (Å²) in [5.41, 5.74) is 4.97. The Morgan fingerprint density at radius 3 is 1.61 bits per heavy atom. The Bertz CT molecular complexity index is 726. The lowest BCUT2D eigenvalue weighted by Crippen LogP contribution is -2.20. The van der Waals surface area contributed by atoms with Gasteiger partial charge < -0.3 is 0 Å². The third-order valence-corrected chi connectivity index (χ3v) is 4.43. The van der Waals surface area contributed by atoms with E-state index >= 15 is 0 Å². The molecule has 0 nitrogen and oxygen atoms in total. The quantitative estimate of drug-likeness (QED) is 0.553. The van der Waals surface area contributed by atoms with Crippen LogP contribution in [0.5, 0.6) is 0 Å². The Kier molecular flexibility index (Phi) is 4.43. The van der Waals surface area contributed by atoms with Crippen LogP contribution < -0.4 is 0 Å². The Hall–Kier alpha value is -2.60. The summed E-state index contributed by atoms with van der Waals surface area (Å²) in [6.07, 6.45) is 4.53. The van der Waals surface area contributed by atoms with E-state index in [9.17, 15) is 0 Å². The van der Waals surface area contributed by atoms with Crippen LogP contribution >= 0.6 is 0 Å². The topological polar surface area (TPSA) is 0 Å². The molecule has 0 aliphatic rings. The molecule has 0 atom stereocenters. The number of hydrogen-bond donors (Lipinski definition) is 0. The van der Waals surface area contributed by atoms with Crippen LogP contribution in [-0.4, -0.2) is 0 Å². The van der Waals surface area contributed by atoms with E-state index in [0.29, 0.717) is 0 Å². The van der Waals surface area contributed by atoms with Gasteiger partial charge in [0.2, 0.25) is 0 Å². The van der Waals surface area contributed by atoms with Crippen LogP contribution in [0, 0.1) is 6.92 Å². The highest BCUT2D eigenvalue weighted by molar-refractivity contribution is 5.56. The van der Waals surface area contributed by atoms with Crippen LogP contribution in [0.2, 0.25) is 0 Å². The summed E-state index contributed by atoms with van der Waals surface area (Å²) < 4.78 is 0. The number of aryl methyl sites for hydroxylation is 1. The second kappa shape index (κ2) is 6.66. The predicted octanol–water partition coefficient (Wildman–Crippen LogP) is 6.01. The van der Waals surface area contributed by atoms with Gasteiger partial charge in [0.1, 0.15) is 0 Å².